The molecule has 294 valence electrons. The summed E-state index contributed by atoms with van der Waals surface area (Å²) in [5.74, 6) is 3.70. The summed E-state index contributed by atoms with van der Waals surface area (Å²) in [6, 6.07) is 68.2. The lowest BCUT2D eigenvalue weighted by molar-refractivity contribution is 1.07. The van der Waals surface area contributed by atoms with Crippen LogP contribution in [0.3, 0.4) is 0 Å². The summed E-state index contributed by atoms with van der Waals surface area (Å²) in [5, 5.41) is 0. The number of rotatable bonds is 9. The Balaban J connectivity index is 1.10. The number of aromatic nitrogens is 7. The van der Waals surface area contributed by atoms with Gasteiger partial charge in [-0.15, -0.1) is 0 Å². The fraction of sp³-hybridized carbons (Fsp3) is 0.0364. The zero-order valence-corrected chi connectivity index (χ0v) is 34.2. The van der Waals surface area contributed by atoms with Crippen molar-refractivity contribution in [1.29, 1.82) is 0 Å². The van der Waals surface area contributed by atoms with Gasteiger partial charge in [0.1, 0.15) is 0 Å². The Morgan fingerprint density at radius 3 is 0.742 bits per heavy atom. The van der Waals surface area contributed by atoms with E-state index in [1.54, 1.807) is 0 Å². The Morgan fingerprint density at radius 1 is 0.194 bits per heavy atom. The van der Waals surface area contributed by atoms with Gasteiger partial charge in [-0.05, 0) is 89.7 Å². The van der Waals surface area contributed by atoms with Crippen LogP contribution in [0.1, 0.15) is 11.4 Å². The molecule has 0 fully saturated rings. The fourth-order valence-electron chi connectivity index (χ4n) is 7.68. The van der Waals surface area contributed by atoms with Crippen molar-refractivity contribution in [1.82, 2.24) is 34.9 Å². The van der Waals surface area contributed by atoms with E-state index >= 15 is 0 Å². The van der Waals surface area contributed by atoms with Gasteiger partial charge in [-0.1, -0.05) is 158 Å². The minimum atomic E-state index is 0.603. The molecule has 0 N–H and O–H groups in total. The van der Waals surface area contributed by atoms with Gasteiger partial charge in [-0.25, -0.2) is 29.9 Å². The lowest BCUT2D eigenvalue weighted by Crippen LogP contribution is -2.00. The first kappa shape index (κ1) is 37.9. The van der Waals surface area contributed by atoms with E-state index in [2.05, 4.69) is 83.8 Å². The van der Waals surface area contributed by atoms with Gasteiger partial charge in [0.25, 0.3) is 0 Å². The van der Waals surface area contributed by atoms with Gasteiger partial charge in [-0.3, -0.25) is 4.98 Å². The molecule has 0 spiro atoms. The van der Waals surface area contributed by atoms with E-state index in [9.17, 15) is 0 Å². The number of hydrogen-bond donors (Lipinski definition) is 0. The largest absolute Gasteiger partial charge is 0.258 e. The van der Waals surface area contributed by atoms with Crippen LogP contribution in [0.15, 0.2) is 200 Å². The highest BCUT2D eigenvalue weighted by molar-refractivity contribution is 5.84. The molecule has 0 aliphatic rings. The fourth-order valence-corrected chi connectivity index (χ4v) is 7.68. The molecule has 10 rings (SSSR count). The van der Waals surface area contributed by atoms with E-state index < -0.39 is 0 Å². The Bertz CT molecular complexity index is 2870. The van der Waals surface area contributed by atoms with Gasteiger partial charge >= 0.3 is 0 Å². The van der Waals surface area contributed by atoms with Crippen molar-refractivity contribution in [2.45, 2.75) is 13.8 Å². The standard InChI is InChI=1S/C55H39N7/c1-36-29-46(30-37(2)56-36)49-34-47(42-25-15-27-44(31-42)54-59-50(38-17-7-3-8-18-38)57-51(60-54)39-19-9-4-10-20-39)33-48(35-49)43-26-16-28-45(32-43)55-61-52(40-21-11-5-12-22-40)58-53(62-55)41-23-13-6-14-24-41/h3-35H,1-2H3. The zero-order chi connectivity index (χ0) is 41.8. The first-order valence-electron chi connectivity index (χ1n) is 20.6. The van der Waals surface area contributed by atoms with Crippen LogP contribution in [0.5, 0.6) is 0 Å². The normalized spacial score (nSPS) is 11.1. The highest BCUT2D eigenvalue weighted by Crippen LogP contribution is 2.36. The first-order valence-corrected chi connectivity index (χ1v) is 20.6. The Morgan fingerprint density at radius 2 is 0.419 bits per heavy atom. The van der Waals surface area contributed by atoms with Crippen LogP contribution >= 0.6 is 0 Å². The maximum atomic E-state index is 5.03. The van der Waals surface area contributed by atoms with Crippen LogP contribution in [0, 0.1) is 13.8 Å². The van der Waals surface area contributed by atoms with Crippen molar-refractivity contribution in [3.63, 3.8) is 0 Å². The molecule has 3 aromatic heterocycles. The molecule has 0 aliphatic heterocycles. The second-order valence-electron chi connectivity index (χ2n) is 15.2. The van der Waals surface area contributed by atoms with E-state index in [-0.39, 0.29) is 0 Å². The molecule has 0 saturated carbocycles. The summed E-state index contributed by atoms with van der Waals surface area (Å²) < 4.78 is 0. The van der Waals surface area contributed by atoms with Crippen LogP contribution in [-0.2, 0) is 0 Å². The number of nitrogens with zero attached hydrogens (tertiary/aromatic N) is 7. The Hall–Kier alpha value is -8.29. The average molecular weight is 798 g/mol. The summed E-state index contributed by atoms with van der Waals surface area (Å²) in [6.07, 6.45) is 0. The number of benzene rings is 7. The highest BCUT2D eigenvalue weighted by atomic mass is 15.0. The van der Waals surface area contributed by atoms with Crippen LogP contribution in [0.4, 0.5) is 0 Å². The number of hydrogen-bond acceptors (Lipinski definition) is 7. The summed E-state index contributed by atoms with van der Waals surface area (Å²) in [5.41, 5.74) is 13.8. The molecule has 0 aliphatic carbocycles. The summed E-state index contributed by atoms with van der Waals surface area (Å²) in [4.78, 5) is 34.6. The minimum Gasteiger partial charge on any atom is -0.258 e. The van der Waals surface area contributed by atoms with Gasteiger partial charge in [0.05, 0.1) is 0 Å². The van der Waals surface area contributed by atoms with Gasteiger partial charge in [0, 0.05) is 44.8 Å². The van der Waals surface area contributed by atoms with E-state index in [1.807, 2.05) is 135 Å². The monoisotopic (exact) mass is 797 g/mol. The maximum Gasteiger partial charge on any atom is 0.164 e. The van der Waals surface area contributed by atoms with E-state index in [0.717, 1.165) is 78.1 Å². The molecule has 7 heteroatoms. The predicted molar refractivity (Wildman–Crippen MR) is 249 cm³/mol. The molecule has 0 radical (unpaired) electrons. The van der Waals surface area contributed by atoms with Gasteiger partial charge in [-0.2, -0.15) is 0 Å². The van der Waals surface area contributed by atoms with Crippen LogP contribution < -0.4 is 0 Å². The third kappa shape index (κ3) is 8.15. The first-order chi connectivity index (χ1) is 30.5. The van der Waals surface area contributed by atoms with Gasteiger partial charge in [0.2, 0.25) is 0 Å². The topological polar surface area (TPSA) is 90.2 Å². The quantitative estimate of drug-likeness (QED) is 0.144. The van der Waals surface area contributed by atoms with E-state index in [0.29, 0.717) is 34.9 Å². The van der Waals surface area contributed by atoms with Gasteiger partial charge < -0.3 is 0 Å². The molecule has 0 saturated heterocycles. The molecule has 7 aromatic carbocycles. The van der Waals surface area contributed by atoms with E-state index in [1.165, 1.54) is 0 Å². The molecule has 62 heavy (non-hydrogen) atoms. The van der Waals surface area contributed by atoms with E-state index in [4.69, 9.17) is 29.9 Å². The molecule has 7 nitrogen and oxygen atoms in total. The van der Waals surface area contributed by atoms with Crippen molar-refractivity contribution in [3.8, 4) is 102 Å². The van der Waals surface area contributed by atoms with Crippen LogP contribution in [0.2, 0.25) is 0 Å². The molecule has 0 unspecified atom stereocenters. The Kier molecular flexibility index (Phi) is 10.3. The molecular weight excluding hydrogens is 759 g/mol. The summed E-state index contributed by atoms with van der Waals surface area (Å²) >= 11 is 0. The lowest BCUT2D eigenvalue weighted by atomic mass is 9.92. The lowest BCUT2D eigenvalue weighted by Gasteiger charge is -2.14. The molecule has 0 bridgehead atoms. The minimum absolute atomic E-state index is 0.603. The molecule has 10 aromatic rings. The second-order valence-corrected chi connectivity index (χ2v) is 15.2. The third-order valence-electron chi connectivity index (χ3n) is 10.7. The SMILES string of the molecule is Cc1cc(-c2cc(-c3cccc(-c4nc(-c5ccccc5)nc(-c5ccccc5)n4)c3)cc(-c3cccc(-c4nc(-c5ccccc5)nc(-c5ccccc5)n4)c3)c2)cc(C)n1. The third-order valence-corrected chi connectivity index (χ3v) is 10.7. The predicted octanol–water partition coefficient (Wildman–Crippen LogP) is 13.1. The second kappa shape index (κ2) is 16.8. The summed E-state index contributed by atoms with van der Waals surface area (Å²) in [7, 11) is 0. The molecular formula is C55H39N7. The van der Waals surface area contributed by atoms with Crippen LogP contribution in [0.25, 0.3) is 102 Å². The average Bonchev–Trinajstić information content (AvgIpc) is 3.34. The van der Waals surface area contributed by atoms with Gasteiger partial charge in [0.15, 0.2) is 34.9 Å². The molecule has 3 heterocycles. The zero-order valence-electron chi connectivity index (χ0n) is 34.2. The Labute approximate surface area is 360 Å². The van der Waals surface area contributed by atoms with Crippen molar-refractivity contribution in [2.24, 2.45) is 0 Å². The van der Waals surface area contributed by atoms with Crippen molar-refractivity contribution >= 4 is 0 Å². The maximum absolute atomic E-state index is 5.03. The smallest absolute Gasteiger partial charge is 0.164 e. The molecule has 0 amide bonds. The number of aryl methyl sites for hydroxylation is 2. The van der Waals surface area contributed by atoms with Crippen LogP contribution in [-0.4, -0.2) is 34.9 Å². The van der Waals surface area contributed by atoms with Crippen molar-refractivity contribution in [3.05, 3.63) is 212 Å². The highest BCUT2D eigenvalue weighted by Gasteiger charge is 2.16. The molecule has 0 atom stereocenters. The van der Waals surface area contributed by atoms with Crippen molar-refractivity contribution in [2.75, 3.05) is 0 Å². The summed E-state index contributed by atoms with van der Waals surface area (Å²) in [6.45, 7) is 4.08. The number of pyridine rings is 1. The van der Waals surface area contributed by atoms with Crippen molar-refractivity contribution < 1.29 is 0 Å².